The number of rotatable bonds is 7. The molecule has 3 rings (SSSR count). The van der Waals surface area contributed by atoms with E-state index in [4.69, 9.17) is 30.2 Å². The number of hydrogen-bond donors (Lipinski definition) is 4. The number of aromatic amines is 1. The average Bonchev–Trinajstić information content (AvgIpc) is 3.03. The number of H-pyrrole nitrogens is 1. The van der Waals surface area contributed by atoms with Gasteiger partial charge in [-0.15, -0.1) is 43.0 Å². The Morgan fingerprint density at radius 3 is 2.56 bits per heavy atom. The number of aromatic nitrogens is 3. The lowest BCUT2D eigenvalue weighted by Gasteiger charge is -2.51. The van der Waals surface area contributed by atoms with Crippen LogP contribution in [0.4, 0.5) is 0 Å². The van der Waals surface area contributed by atoms with Crippen LogP contribution < -0.4 is 0 Å². The zero-order chi connectivity index (χ0) is 18.0. The first-order valence-corrected chi connectivity index (χ1v) is 11.3. The van der Waals surface area contributed by atoms with Crippen LogP contribution in [0.1, 0.15) is 39.5 Å². The molecule has 0 fully saturated rings. The molecule has 0 amide bonds. The number of thiol groups is 3. The molecule has 2 aliphatic heterocycles. The fourth-order valence-electron chi connectivity index (χ4n) is 2.60. The van der Waals surface area contributed by atoms with Crippen LogP contribution in [0, 0.1) is 0 Å². The molecule has 0 aliphatic carbocycles. The number of aliphatic imine (C=N–C) groups is 1. The standard InChI is InChI=1S/C13H23N7S5/c1-3-5-7-18(8-6-4-2)13(23)15-11(21)19-12(22)20(13)25-10-14-9(24-19)16-17-10/h12,22-23H,3-8H2,1-2H3,(H,15,21)(H,14,16,17). The maximum absolute atomic E-state index is 5.02. The summed E-state index contributed by atoms with van der Waals surface area (Å²) >= 11 is 17.3. The van der Waals surface area contributed by atoms with Crippen LogP contribution in [0.5, 0.6) is 0 Å². The van der Waals surface area contributed by atoms with Crippen molar-refractivity contribution in [1.82, 2.24) is 28.7 Å². The van der Waals surface area contributed by atoms with Gasteiger partial charge in [0.15, 0.2) is 15.8 Å². The Labute approximate surface area is 173 Å². The Hall–Kier alpha value is 0.280. The number of fused-ring (bicyclic) bond motifs is 4. The molecule has 2 aliphatic rings. The number of nitrogens with one attached hydrogen (secondary N) is 1. The first kappa shape index (κ1) is 20.0. The smallest absolute Gasteiger partial charge is 0.230 e. The summed E-state index contributed by atoms with van der Waals surface area (Å²) in [5.41, 5.74) is -0.265. The van der Waals surface area contributed by atoms with Gasteiger partial charge >= 0.3 is 0 Å². The van der Waals surface area contributed by atoms with Crippen LogP contribution in [0.15, 0.2) is 15.3 Å². The SMILES string of the molecule is CCCCN(CCCC)C1(S)N=C(S)N2Sc3n[nH]c(n3)SN1C2S. The number of unbranched alkanes of at least 4 members (excludes halogenated alkanes) is 2. The molecule has 0 radical (unpaired) electrons. The predicted molar refractivity (Wildman–Crippen MR) is 114 cm³/mol. The molecule has 4 bridgehead atoms. The summed E-state index contributed by atoms with van der Waals surface area (Å²) in [6.45, 7) is 6.21. The minimum absolute atomic E-state index is 0.265. The normalized spacial score (nSPS) is 28.7. The topological polar surface area (TPSA) is 63.6 Å². The maximum Gasteiger partial charge on any atom is 0.230 e. The molecule has 1 N–H and O–H groups in total. The highest BCUT2D eigenvalue weighted by Gasteiger charge is 2.50. The van der Waals surface area contributed by atoms with Crippen molar-refractivity contribution >= 4 is 66.9 Å². The zero-order valence-corrected chi connectivity index (χ0v) is 18.5. The van der Waals surface area contributed by atoms with Crippen molar-refractivity contribution < 1.29 is 0 Å². The zero-order valence-electron chi connectivity index (χ0n) is 14.2. The van der Waals surface area contributed by atoms with Crippen molar-refractivity contribution in [2.75, 3.05) is 13.1 Å². The van der Waals surface area contributed by atoms with E-state index in [1.165, 1.54) is 23.9 Å². The van der Waals surface area contributed by atoms with Crippen LogP contribution in [0.3, 0.4) is 0 Å². The van der Waals surface area contributed by atoms with Gasteiger partial charge in [-0.3, -0.25) is 14.3 Å². The fraction of sp³-hybridized carbons (Fsp3) is 0.769. The molecule has 25 heavy (non-hydrogen) atoms. The first-order chi connectivity index (χ1) is 12.0. The third kappa shape index (κ3) is 4.09. The molecule has 7 nitrogen and oxygen atoms in total. The van der Waals surface area contributed by atoms with Crippen LogP contribution in [0.25, 0.3) is 0 Å². The highest BCUT2D eigenvalue weighted by molar-refractivity contribution is 8.03. The van der Waals surface area contributed by atoms with Crippen LogP contribution in [-0.4, -0.2) is 57.6 Å². The lowest BCUT2D eigenvalue weighted by molar-refractivity contribution is 0.0547. The summed E-state index contributed by atoms with van der Waals surface area (Å²) in [4.78, 5) is 11.6. The van der Waals surface area contributed by atoms with Gasteiger partial charge in [-0.1, -0.05) is 26.7 Å². The summed E-state index contributed by atoms with van der Waals surface area (Å²) in [5.74, 6) is 0. The van der Waals surface area contributed by atoms with Crippen molar-refractivity contribution in [1.29, 1.82) is 0 Å². The second-order valence-corrected chi connectivity index (χ2v) is 9.18. The van der Waals surface area contributed by atoms with Crippen molar-refractivity contribution in [3.8, 4) is 0 Å². The minimum Gasteiger partial charge on any atom is -0.261 e. The van der Waals surface area contributed by atoms with Gasteiger partial charge in [0, 0.05) is 37.0 Å². The van der Waals surface area contributed by atoms with E-state index in [-0.39, 0.29) is 5.50 Å². The van der Waals surface area contributed by atoms with E-state index in [0.717, 1.165) is 38.8 Å². The molecule has 1 aromatic rings. The second-order valence-electron chi connectivity index (χ2n) is 5.81. The molecule has 0 saturated heterocycles. The summed E-state index contributed by atoms with van der Waals surface area (Å²) in [6, 6.07) is 0. The van der Waals surface area contributed by atoms with E-state index in [2.05, 4.69) is 46.6 Å². The number of hydrogen-bond acceptors (Lipinski definition) is 10. The van der Waals surface area contributed by atoms with Crippen LogP contribution in [0.2, 0.25) is 0 Å². The first-order valence-electron chi connectivity index (χ1n) is 8.30. The van der Waals surface area contributed by atoms with Gasteiger partial charge in [-0.05, 0) is 12.8 Å². The Morgan fingerprint density at radius 1 is 1.24 bits per heavy atom. The van der Waals surface area contributed by atoms with Gasteiger partial charge in [0.2, 0.25) is 10.3 Å². The highest BCUT2D eigenvalue weighted by atomic mass is 32.2. The Bertz CT molecular complexity index is 618. The van der Waals surface area contributed by atoms with Crippen LogP contribution in [-0.2, 0) is 0 Å². The van der Waals surface area contributed by atoms with Gasteiger partial charge in [-0.25, -0.2) is 4.99 Å². The number of amidine groups is 1. The molecule has 0 aromatic carbocycles. The lowest BCUT2D eigenvalue weighted by atomic mass is 10.2. The van der Waals surface area contributed by atoms with E-state index >= 15 is 0 Å². The molecule has 12 heteroatoms. The Balaban J connectivity index is 1.97. The summed E-state index contributed by atoms with van der Waals surface area (Å²) in [5, 5.41) is 8.24. The van der Waals surface area contributed by atoms with E-state index in [1.807, 2.05) is 8.61 Å². The third-order valence-electron chi connectivity index (χ3n) is 3.96. The predicted octanol–water partition coefficient (Wildman–Crippen LogP) is 3.39. The molecule has 1 aromatic heterocycles. The van der Waals surface area contributed by atoms with Crippen molar-refractivity contribution in [2.24, 2.45) is 4.99 Å². The summed E-state index contributed by atoms with van der Waals surface area (Å²) in [6.07, 6.45) is 4.41. The fourth-order valence-corrected chi connectivity index (χ4v) is 6.00. The van der Waals surface area contributed by atoms with E-state index in [0.29, 0.717) is 15.5 Å². The molecule has 140 valence electrons. The van der Waals surface area contributed by atoms with Gasteiger partial charge in [-0.2, -0.15) is 9.29 Å². The minimum atomic E-state index is -0.847. The average molecular weight is 438 g/mol. The largest absolute Gasteiger partial charge is 0.261 e. The van der Waals surface area contributed by atoms with Crippen molar-refractivity contribution in [3.05, 3.63) is 0 Å². The molecular weight excluding hydrogens is 415 g/mol. The molecule has 3 atom stereocenters. The molecule has 0 spiro atoms. The Kier molecular flexibility index (Phi) is 6.83. The summed E-state index contributed by atoms with van der Waals surface area (Å²) < 4.78 is 3.93. The Morgan fingerprint density at radius 2 is 1.92 bits per heavy atom. The van der Waals surface area contributed by atoms with Gasteiger partial charge < -0.3 is 0 Å². The second kappa shape index (κ2) is 8.53. The van der Waals surface area contributed by atoms with Crippen molar-refractivity contribution in [3.63, 3.8) is 0 Å². The number of nitrogens with zero attached hydrogens (tertiary/aromatic N) is 6. The molecule has 3 heterocycles. The van der Waals surface area contributed by atoms with E-state index < -0.39 is 5.12 Å². The lowest BCUT2D eigenvalue weighted by Crippen LogP contribution is -2.62. The quantitative estimate of drug-likeness (QED) is 0.296. The van der Waals surface area contributed by atoms with E-state index in [9.17, 15) is 0 Å². The highest BCUT2D eigenvalue weighted by Crippen LogP contribution is 2.47. The van der Waals surface area contributed by atoms with Gasteiger partial charge in [0.25, 0.3) is 0 Å². The molecule has 3 unspecified atom stereocenters. The van der Waals surface area contributed by atoms with Gasteiger partial charge in [0.05, 0.1) is 0 Å². The van der Waals surface area contributed by atoms with Crippen molar-refractivity contribution in [2.45, 2.75) is 60.5 Å². The van der Waals surface area contributed by atoms with Crippen LogP contribution >= 0.6 is 61.8 Å². The van der Waals surface area contributed by atoms with E-state index in [1.54, 1.807) is 0 Å². The molecular formula is C13H23N7S5. The summed E-state index contributed by atoms with van der Waals surface area (Å²) in [7, 11) is 0. The third-order valence-corrected chi connectivity index (χ3v) is 7.84. The monoisotopic (exact) mass is 437 g/mol. The van der Waals surface area contributed by atoms with Gasteiger partial charge in [0.1, 0.15) is 0 Å². The maximum atomic E-state index is 5.02. The molecule has 0 saturated carbocycles.